The van der Waals surface area contributed by atoms with Crippen LogP contribution in [0, 0.1) is 5.41 Å². The molecule has 0 unspecified atom stereocenters. The quantitative estimate of drug-likeness (QED) is 0.659. The lowest BCUT2D eigenvalue weighted by atomic mass is 9.85. The maximum absolute atomic E-state index is 12.6. The second-order valence-electron chi connectivity index (χ2n) is 7.35. The lowest BCUT2D eigenvalue weighted by Gasteiger charge is -2.29. The third-order valence-corrected chi connectivity index (χ3v) is 5.34. The summed E-state index contributed by atoms with van der Waals surface area (Å²) in [5.74, 6) is 0.569. The molecule has 1 aromatic rings. The molecule has 0 aliphatic heterocycles. The number of amides is 1. The van der Waals surface area contributed by atoms with Gasteiger partial charge in [-0.2, -0.15) is 0 Å². The Balaban J connectivity index is 1.68. The zero-order valence-corrected chi connectivity index (χ0v) is 14.8. The van der Waals surface area contributed by atoms with E-state index in [-0.39, 0.29) is 11.3 Å². The summed E-state index contributed by atoms with van der Waals surface area (Å²) in [6, 6.07) is 6.40. The molecule has 1 saturated carbocycles. The van der Waals surface area contributed by atoms with Gasteiger partial charge < -0.3 is 16.0 Å². The van der Waals surface area contributed by atoms with E-state index in [1.54, 1.807) is 4.90 Å². The van der Waals surface area contributed by atoms with Crippen LogP contribution in [0.1, 0.15) is 43.2 Å². The van der Waals surface area contributed by atoms with Gasteiger partial charge in [-0.05, 0) is 55.4 Å². The van der Waals surface area contributed by atoms with Crippen LogP contribution in [-0.4, -0.2) is 37.4 Å². The van der Waals surface area contributed by atoms with E-state index in [1.807, 2.05) is 14.1 Å². The first kappa shape index (κ1) is 16.8. The number of benzene rings is 1. The maximum atomic E-state index is 12.6. The van der Waals surface area contributed by atoms with Gasteiger partial charge in [0.05, 0.1) is 12.0 Å². The first-order valence-electron chi connectivity index (χ1n) is 8.91. The van der Waals surface area contributed by atoms with Crippen LogP contribution in [0.25, 0.3) is 0 Å². The van der Waals surface area contributed by atoms with Crippen molar-refractivity contribution >= 4 is 17.6 Å². The Morgan fingerprint density at radius 3 is 2.62 bits per heavy atom. The predicted molar refractivity (Wildman–Crippen MR) is 98.2 cm³/mol. The number of nitrogens with two attached hydrogens (primary N) is 1. The SMILES string of the molecule is CN(C)C(=O)C1(CN=C(N)Nc2ccc3c(c2)CCC3)CCCC1. The second kappa shape index (κ2) is 6.83. The third-order valence-electron chi connectivity index (χ3n) is 5.34. The van der Waals surface area contributed by atoms with Crippen LogP contribution < -0.4 is 11.1 Å². The molecule has 2 aliphatic carbocycles. The number of carbonyl (C=O) groups is 1. The summed E-state index contributed by atoms with van der Waals surface area (Å²) >= 11 is 0. The number of rotatable bonds is 4. The van der Waals surface area contributed by atoms with E-state index in [1.165, 1.54) is 24.0 Å². The van der Waals surface area contributed by atoms with Gasteiger partial charge in [0, 0.05) is 19.8 Å². The number of anilines is 1. The van der Waals surface area contributed by atoms with Crippen molar-refractivity contribution in [1.82, 2.24) is 4.90 Å². The zero-order chi connectivity index (χ0) is 17.2. The van der Waals surface area contributed by atoms with Crippen molar-refractivity contribution in [3.63, 3.8) is 0 Å². The summed E-state index contributed by atoms with van der Waals surface area (Å²) in [5.41, 5.74) is 9.54. The number of hydrogen-bond acceptors (Lipinski definition) is 2. The van der Waals surface area contributed by atoms with E-state index < -0.39 is 0 Å². The van der Waals surface area contributed by atoms with Gasteiger partial charge in [0.25, 0.3) is 0 Å². The maximum Gasteiger partial charge on any atom is 0.230 e. The Labute approximate surface area is 144 Å². The van der Waals surface area contributed by atoms with Gasteiger partial charge in [-0.15, -0.1) is 0 Å². The molecule has 0 atom stereocenters. The molecule has 0 heterocycles. The Bertz CT molecular complexity index is 645. The summed E-state index contributed by atoms with van der Waals surface area (Å²) in [6.45, 7) is 0.466. The minimum atomic E-state index is -0.367. The van der Waals surface area contributed by atoms with Crippen LogP contribution in [0.4, 0.5) is 5.69 Å². The molecule has 2 aliphatic rings. The number of guanidine groups is 1. The Hall–Kier alpha value is -2.04. The van der Waals surface area contributed by atoms with Gasteiger partial charge >= 0.3 is 0 Å². The van der Waals surface area contributed by atoms with E-state index in [0.717, 1.165) is 37.8 Å². The van der Waals surface area contributed by atoms with Crippen LogP contribution in [0.3, 0.4) is 0 Å². The van der Waals surface area contributed by atoms with Gasteiger partial charge in [0.1, 0.15) is 0 Å². The molecule has 24 heavy (non-hydrogen) atoms. The number of fused-ring (bicyclic) bond motifs is 1. The van der Waals surface area contributed by atoms with Crippen molar-refractivity contribution in [1.29, 1.82) is 0 Å². The number of hydrogen-bond donors (Lipinski definition) is 2. The molecule has 0 bridgehead atoms. The fourth-order valence-corrected chi connectivity index (χ4v) is 4.04. The van der Waals surface area contributed by atoms with E-state index >= 15 is 0 Å². The van der Waals surface area contributed by atoms with E-state index in [2.05, 4.69) is 28.5 Å². The molecule has 5 nitrogen and oxygen atoms in total. The Morgan fingerprint density at radius 1 is 1.21 bits per heavy atom. The molecule has 1 aromatic carbocycles. The van der Waals surface area contributed by atoms with Crippen LogP contribution in [-0.2, 0) is 17.6 Å². The smallest absolute Gasteiger partial charge is 0.230 e. The van der Waals surface area contributed by atoms with Crippen molar-refractivity contribution in [3.8, 4) is 0 Å². The van der Waals surface area contributed by atoms with Crippen molar-refractivity contribution < 1.29 is 4.79 Å². The molecule has 0 aromatic heterocycles. The van der Waals surface area contributed by atoms with Gasteiger partial charge in [0.2, 0.25) is 5.91 Å². The highest BCUT2D eigenvalue weighted by Crippen LogP contribution is 2.39. The molecule has 130 valence electrons. The highest BCUT2D eigenvalue weighted by molar-refractivity contribution is 5.93. The lowest BCUT2D eigenvalue weighted by Crippen LogP contribution is -2.41. The molecule has 0 saturated heterocycles. The molecule has 0 spiro atoms. The predicted octanol–water partition coefficient (Wildman–Crippen LogP) is 2.55. The van der Waals surface area contributed by atoms with Crippen LogP contribution in [0.2, 0.25) is 0 Å². The number of nitrogens with zero attached hydrogens (tertiary/aromatic N) is 2. The van der Waals surface area contributed by atoms with Crippen LogP contribution in [0.15, 0.2) is 23.2 Å². The molecule has 5 heteroatoms. The summed E-state index contributed by atoms with van der Waals surface area (Å²) in [5, 5.41) is 3.18. The average Bonchev–Trinajstić information content (AvgIpc) is 3.21. The summed E-state index contributed by atoms with van der Waals surface area (Å²) in [7, 11) is 3.64. The van der Waals surface area contributed by atoms with Crippen molar-refractivity contribution in [2.45, 2.75) is 44.9 Å². The highest BCUT2D eigenvalue weighted by atomic mass is 16.2. The Kier molecular flexibility index (Phi) is 4.78. The van der Waals surface area contributed by atoms with Crippen molar-refractivity contribution in [2.75, 3.05) is 26.0 Å². The standard InChI is InChI=1S/C19H28N4O/c1-23(2)17(24)19(10-3-4-11-19)13-21-18(20)22-16-9-8-14-6-5-7-15(14)12-16/h8-9,12H,3-7,10-11,13H2,1-2H3,(H3,20,21,22). The zero-order valence-electron chi connectivity index (χ0n) is 14.8. The average molecular weight is 328 g/mol. The van der Waals surface area contributed by atoms with Gasteiger partial charge in [-0.1, -0.05) is 18.9 Å². The van der Waals surface area contributed by atoms with Gasteiger partial charge in [-0.25, -0.2) is 0 Å². The topological polar surface area (TPSA) is 70.7 Å². The number of aliphatic imine (C=N–C) groups is 1. The van der Waals surface area contributed by atoms with Crippen molar-refractivity contribution in [3.05, 3.63) is 29.3 Å². The fourth-order valence-electron chi connectivity index (χ4n) is 4.04. The molecule has 3 N–H and O–H groups in total. The molecule has 1 fully saturated rings. The normalized spacial score (nSPS) is 19.2. The number of carbonyl (C=O) groups excluding carboxylic acids is 1. The largest absolute Gasteiger partial charge is 0.370 e. The number of aryl methyl sites for hydroxylation is 2. The van der Waals surface area contributed by atoms with Gasteiger partial charge in [-0.3, -0.25) is 9.79 Å². The number of nitrogens with one attached hydrogen (secondary N) is 1. The molecule has 3 rings (SSSR count). The Morgan fingerprint density at radius 2 is 1.92 bits per heavy atom. The van der Waals surface area contributed by atoms with E-state index in [4.69, 9.17) is 5.73 Å². The molecular formula is C19H28N4O. The van der Waals surface area contributed by atoms with Crippen LogP contribution in [0.5, 0.6) is 0 Å². The summed E-state index contributed by atoms with van der Waals surface area (Å²) < 4.78 is 0. The molecular weight excluding hydrogens is 300 g/mol. The first-order chi connectivity index (χ1) is 11.5. The first-order valence-corrected chi connectivity index (χ1v) is 8.91. The fraction of sp³-hybridized carbons (Fsp3) is 0.579. The van der Waals surface area contributed by atoms with E-state index in [0.29, 0.717) is 12.5 Å². The second-order valence-corrected chi connectivity index (χ2v) is 7.35. The molecule has 1 amide bonds. The van der Waals surface area contributed by atoms with Crippen LogP contribution >= 0.6 is 0 Å². The third kappa shape index (κ3) is 3.40. The molecule has 0 radical (unpaired) electrons. The summed E-state index contributed by atoms with van der Waals surface area (Å²) in [6.07, 6.45) is 7.54. The minimum absolute atomic E-state index is 0.175. The minimum Gasteiger partial charge on any atom is -0.370 e. The highest BCUT2D eigenvalue weighted by Gasteiger charge is 2.41. The van der Waals surface area contributed by atoms with E-state index in [9.17, 15) is 4.79 Å². The van der Waals surface area contributed by atoms with Crippen molar-refractivity contribution in [2.24, 2.45) is 16.1 Å². The lowest BCUT2D eigenvalue weighted by molar-refractivity contribution is -0.138. The monoisotopic (exact) mass is 328 g/mol. The summed E-state index contributed by atoms with van der Waals surface area (Å²) in [4.78, 5) is 18.8. The van der Waals surface area contributed by atoms with Gasteiger partial charge in [0.15, 0.2) is 5.96 Å².